The highest BCUT2D eigenvalue weighted by atomic mass is 16.5. The average molecular weight is 356 g/mol. The largest absolute Gasteiger partial charge is 0.492 e. The number of carbonyl (C=O) groups is 2. The SMILES string of the molecule is Cc1noc(C)c1CC(=O)N1C[C@H]2c3ccccc3OC[C@@]2(C(=O)O)C1. The smallest absolute Gasteiger partial charge is 0.315 e. The Morgan fingerprint density at radius 1 is 1.35 bits per heavy atom. The van der Waals surface area contributed by atoms with Crippen LogP contribution in [0, 0.1) is 19.3 Å². The Kier molecular flexibility index (Phi) is 3.75. The summed E-state index contributed by atoms with van der Waals surface area (Å²) >= 11 is 0. The number of ether oxygens (including phenoxy) is 1. The fraction of sp³-hybridized carbons (Fsp3) is 0.421. The van der Waals surface area contributed by atoms with Crippen molar-refractivity contribution in [3.63, 3.8) is 0 Å². The molecule has 0 bridgehead atoms. The molecule has 3 heterocycles. The molecule has 1 N–H and O–H groups in total. The van der Waals surface area contributed by atoms with Crippen molar-refractivity contribution in [2.45, 2.75) is 26.2 Å². The van der Waals surface area contributed by atoms with E-state index in [4.69, 9.17) is 9.26 Å². The van der Waals surface area contributed by atoms with E-state index in [0.717, 1.165) is 11.1 Å². The van der Waals surface area contributed by atoms with E-state index >= 15 is 0 Å². The number of carboxylic acid groups (broad SMARTS) is 1. The van der Waals surface area contributed by atoms with Gasteiger partial charge in [0, 0.05) is 30.1 Å². The Morgan fingerprint density at radius 2 is 2.12 bits per heavy atom. The van der Waals surface area contributed by atoms with Crippen LogP contribution in [-0.4, -0.2) is 46.7 Å². The van der Waals surface area contributed by atoms with E-state index in [1.54, 1.807) is 18.7 Å². The first-order valence-electron chi connectivity index (χ1n) is 8.57. The van der Waals surface area contributed by atoms with Crippen molar-refractivity contribution in [1.29, 1.82) is 0 Å². The Morgan fingerprint density at radius 3 is 2.81 bits per heavy atom. The Labute approximate surface area is 150 Å². The van der Waals surface area contributed by atoms with Gasteiger partial charge in [0.15, 0.2) is 0 Å². The molecule has 1 fully saturated rings. The highest BCUT2D eigenvalue weighted by Gasteiger charge is 2.57. The zero-order chi connectivity index (χ0) is 18.5. The third-order valence-electron chi connectivity index (χ3n) is 5.61. The molecule has 1 amide bonds. The molecular formula is C19H20N2O5. The van der Waals surface area contributed by atoms with Gasteiger partial charge in [-0.25, -0.2) is 0 Å². The number of aryl methyl sites for hydroxylation is 2. The second-order valence-electron chi connectivity index (χ2n) is 7.09. The van der Waals surface area contributed by atoms with Crippen molar-refractivity contribution >= 4 is 11.9 Å². The van der Waals surface area contributed by atoms with Crippen molar-refractivity contribution in [2.24, 2.45) is 5.41 Å². The lowest BCUT2D eigenvalue weighted by Gasteiger charge is -2.35. The number of nitrogens with zero attached hydrogens (tertiary/aromatic N) is 2. The van der Waals surface area contributed by atoms with Gasteiger partial charge in [0.25, 0.3) is 0 Å². The predicted molar refractivity (Wildman–Crippen MR) is 91.0 cm³/mol. The summed E-state index contributed by atoms with van der Waals surface area (Å²) in [7, 11) is 0. The zero-order valence-corrected chi connectivity index (χ0v) is 14.7. The van der Waals surface area contributed by atoms with Crippen LogP contribution < -0.4 is 4.74 Å². The first-order chi connectivity index (χ1) is 12.4. The molecule has 0 unspecified atom stereocenters. The van der Waals surface area contributed by atoms with E-state index < -0.39 is 11.4 Å². The van der Waals surface area contributed by atoms with Crippen LogP contribution in [0.1, 0.15) is 28.5 Å². The molecule has 2 aliphatic heterocycles. The Hall–Kier alpha value is -2.83. The summed E-state index contributed by atoms with van der Waals surface area (Å²) in [6, 6.07) is 7.46. The van der Waals surface area contributed by atoms with Gasteiger partial charge in [0.2, 0.25) is 5.91 Å². The predicted octanol–water partition coefficient (Wildman–Crippen LogP) is 1.92. The van der Waals surface area contributed by atoms with E-state index in [1.807, 2.05) is 24.3 Å². The van der Waals surface area contributed by atoms with Crippen LogP contribution in [0.15, 0.2) is 28.8 Å². The highest BCUT2D eigenvalue weighted by Crippen LogP contribution is 2.49. The molecule has 1 aromatic carbocycles. The van der Waals surface area contributed by atoms with Crippen molar-refractivity contribution in [1.82, 2.24) is 10.1 Å². The summed E-state index contributed by atoms with van der Waals surface area (Å²) in [4.78, 5) is 26.6. The molecule has 2 aromatic rings. The molecule has 2 atom stereocenters. The number of benzene rings is 1. The molecule has 0 saturated carbocycles. The van der Waals surface area contributed by atoms with Gasteiger partial charge in [0.05, 0.1) is 12.1 Å². The molecule has 1 saturated heterocycles. The standard InChI is InChI=1S/C19H20N2O5/c1-11-14(12(2)26-20-11)7-17(22)21-8-15-13-5-3-4-6-16(13)25-10-19(15,9-21)18(23)24/h3-6,15H,7-10H2,1-2H3,(H,23,24)/t15-,19-/m0/s1. The molecule has 0 aliphatic carbocycles. The number of aromatic nitrogens is 1. The maximum atomic E-state index is 12.9. The Balaban J connectivity index is 1.64. The minimum atomic E-state index is -1.11. The normalized spacial score (nSPS) is 23.9. The molecule has 1 aromatic heterocycles. The van der Waals surface area contributed by atoms with Gasteiger partial charge in [-0.1, -0.05) is 23.4 Å². The third kappa shape index (κ3) is 2.38. The number of aliphatic carboxylic acids is 1. The van der Waals surface area contributed by atoms with Crippen LogP contribution in [-0.2, 0) is 16.0 Å². The summed E-state index contributed by atoms with van der Waals surface area (Å²) in [5.74, 6) is -0.00129. The van der Waals surface area contributed by atoms with Gasteiger partial charge in [-0.3, -0.25) is 9.59 Å². The number of fused-ring (bicyclic) bond motifs is 3. The molecule has 136 valence electrons. The summed E-state index contributed by atoms with van der Waals surface area (Å²) in [6.45, 7) is 4.15. The van der Waals surface area contributed by atoms with Crippen LogP contribution in [0.3, 0.4) is 0 Å². The highest BCUT2D eigenvalue weighted by molar-refractivity contribution is 5.84. The molecule has 7 heteroatoms. The maximum absolute atomic E-state index is 12.9. The van der Waals surface area contributed by atoms with Gasteiger partial charge in [0.1, 0.15) is 23.5 Å². The number of carboxylic acids is 1. The van der Waals surface area contributed by atoms with Crippen molar-refractivity contribution in [3.8, 4) is 5.75 Å². The lowest BCUT2D eigenvalue weighted by molar-refractivity contribution is -0.152. The summed E-state index contributed by atoms with van der Waals surface area (Å²) in [6.07, 6.45) is 0.159. The van der Waals surface area contributed by atoms with Gasteiger partial charge >= 0.3 is 5.97 Å². The van der Waals surface area contributed by atoms with Crippen LogP contribution in [0.25, 0.3) is 0 Å². The minimum Gasteiger partial charge on any atom is -0.492 e. The quantitative estimate of drug-likeness (QED) is 0.903. The molecule has 7 nitrogen and oxygen atoms in total. The van der Waals surface area contributed by atoms with Crippen molar-refractivity contribution in [3.05, 3.63) is 46.8 Å². The van der Waals surface area contributed by atoms with E-state index in [-0.39, 0.29) is 31.4 Å². The summed E-state index contributed by atoms with van der Waals surface area (Å²) in [5, 5.41) is 13.8. The molecule has 26 heavy (non-hydrogen) atoms. The van der Waals surface area contributed by atoms with Crippen molar-refractivity contribution in [2.75, 3.05) is 19.7 Å². The van der Waals surface area contributed by atoms with Crippen LogP contribution in [0.5, 0.6) is 5.75 Å². The molecular weight excluding hydrogens is 336 g/mol. The number of carbonyl (C=O) groups excluding carboxylic acids is 1. The van der Waals surface area contributed by atoms with E-state index in [0.29, 0.717) is 23.7 Å². The molecule has 2 aliphatic rings. The Bertz CT molecular complexity index is 870. The molecule has 0 spiro atoms. The number of hydrogen-bond acceptors (Lipinski definition) is 5. The van der Waals surface area contributed by atoms with Crippen LogP contribution in [0.2, 0.25) is 0 Å². The average Bonchev–Trinajstić information content (AvgIpc) is 3.18. The second-order valence-corrected chi connectivity index (χ2v) is 7.09. The summed E-state index contributed by atoms with van der Waals surface area (Å²) in [5.41, 5.74) is 1.21. The van der Waals surface area contributed by atoms with E-state index in [9.17, 15) is 14.7 Å². The number of rotatable bonds is 3. The minimum absolute atomic E-state index is 0.0686. The van der Waals surface area contributed by atoms with Gasteiger partial charge < -0.3 is 19.3 Å². The van der Waals surface area contributed by atoms with Gasteiger partial charge in [-0.2, -0.15) is 0 Å². The topological polar surface area (TPSA) is 92.9 Å². The third-order valence-corrected chi connectivity index (χ3v) is 5.61. The van der Waals surface area contributed by atoms with Gasteiger partial charge in [-0.15, -0.1) is 0 Å². The number of hydrogen-bond donors (Lipinski definition) is 1. The van der Waals surface area contributed by atoms with Crippen molar-refractivity contribution < 1.29 is 24.0 Å². The monoisotopic (exact) mass is 356 g/mol. The first-order valence-corrected chi connectivity index (χ1v) is 8.57. The molecule has 0 radical (unpaired) electrons. The van der Waals surface area contributed by atoms with Gasteiger partial charge in [-0.05, 0) is 19.9 Å². The molecule has 4 rings (SSSR count). The maximum Gasteiger partial charge on any atom is 0.315 e. The summed E-state index contributed by atoms with van der Waals surface area (Å²) < 4.78 is 10.9. The number of para-hydroxylation sites is 1. The zero-order valence-electron chi connectivity index (χ0n) is 14.7. The number of amides is 1. The van der Waals surface area contributed by atoms with Crippen LogP contribution in [0.4, 0.5) is 0 Å². The fourth-order valence-corrected chi connectivity index (χ4v) is 4.04. The first kappa shape index (κ1) is 16.6. The fourth-order valence-electron chi connectivity index (χ4n) is 4.04. The lowest BCUT2D eigenvalue weighted by Crippen LogP contribution is -2.46. The number of likely N-dealkylation sites (tertiary alicyclic amines) is 1. The van der Waals surface area contributed by atoms with Crippen LogP contribution >= 0.6 is 0 Å². The van der Waals surface area contributed by atoms with E-state index in [2.05, 4.69) is 5.16 Å². The second kappa shape index (κ2) is 5.86. The van der Waals surface area contributed by atoms with E-state index in [1.165, 1.54) is 0 Å². The lowest BCUT2D eigenvalue weighted by atomic mass is 9.73.